The van der Waals surface area contributed by atoms with E-state index in [-0.39, 0.29) is 10.3 Å². The summed E-state index contributed by atoms with van der Waals surface area (Å²) in [5, 5.41) is 0. The smallest absolute Gasteiger partial charge is 0.330 e. The van der Waals surface area contributed by atoms with Crippen molar-refractivity contribution in [3.05, 3.63) is 41.6 Å². The van der Waals surface area contributed by atoms with Crippen molar-refractivity contribution in [1.29, 1.82) is 0 Å². The van der Waals surface area contributed by atoms with E-state index in [1.165, 1.54) is 12.4 Å². The molecule has 10 heteroatoms. The Hall–Kier alpha value is -2.46. The van der Waals surface area contributed by atoms with E-state index in [9.17, 15) is 8.42 Å². The van der Waals surface area contributed by atoms with Gasteiger partial charge in [0, 0.05) is 5.69 Å². The minimum absolute atomic E-state index is 0.224. The number of nitrogen functional groups attached to an aromatic ring is 1. The summed E-state index contributed by atoms with van der Waals surface area (Å²) in [6, 6.07) is 6.42. The zero-order valence-corrected chi connectivity index (χ0v) is 12.1. The van der Waals surface area contributed by atoms with Gasteiger partial charge in [-0.05, 0) is 18.2 Å². The highest BCUT2D eigenvalue weighted by Gasteiger charge is 2.17. The average Bonchev–Trinajstić information content (AvgIpc) is 2.84. The molecule has 0 atom stereocenters. The van der Waals surface area contributed by atoms with Crippen LogP contribution in [-0.4, -0.2) is 27.3 Å². The zero-order chi connectivity index (χ0) is 15.0. The second-order valence-electron chi connectivity index (χ2n) is 4.18. The third kappa shape index (κ3) is 2.45. The molecule has 0 fully saturated rings. The van der Waals surface area contributed by atoms with Crippen LogP contribution in [0.2, 0.25) is 0 Å². The number of rotatable bonds is 3. The van der Waals surface area contributed by atoms with Gasteiger partial charge in [0.05, 0.1) is 12.0 Å². The molecular weight excluding hydrogens is 312 g/mol. The predicted octanol–water partition coefficient (Wildman–Crippen LogP) is 1.28. The van der Waals surface area contributed by atoms with Crippen molar-refractivity contribution in [1.82, 2.24) is 18.9 Å². The predicted molar refractivity (Wildman–Crippen MR) is 81.5 cm³/mol. The van der Waals surface area contributed by atoms with Crippen LogP contribution in [0.4, 0.5) is 11.4 Å². The number of aromatic amines is 1. The molecule has 4 N–H and O–H groups in total. The minimum atomic E-state index is -3.89. The molecule has 0 saturated heterocycles. The fraction of sp³-hybridized carbons (Fsp3) is 0. The Kier molecular flexibility index (Phi) is 3.11. The standard InChI is InChI=1S/C11H10N6O2S2/c12-7-2-1-3-8(4-7)16-21(18,19)17-6-15-9-10(17)13-5-14-11(9)20/h1-6,16H,12H2,(H,13,14,20). The molecule has 0 bridgehead atoms. The Balaban J connectivity index is 2.09. The van der Waals surface area contributed by atoms with Crippen molar-refractivity contribution in [2.75, 3.05) is 10.5 Å². The van der Waals surface area contributed by atoms with Gasteiger partial charge in [0.1, 0.15) is 11.8 Å². The van der Waals surface area contributed by atoms with Gasteiger partial charge in [-0.25, -0.2) is 9.97 Å². The van der Waals surface area contributed by atoms with Crippen LogP contribution < -0.4 is 10.5 Å². The minimum Gasteiger partial charge on any atom is -0.399 e. The van der Waals surface area contributed by atoms with Gasteiger partial charge >= 0.3 is 10.2 Å². The van der Waals surface area contributed by atoms with Crippen LogP contribution in [0.25, 0.3) is 11.2 Å². The number of aromatic nitrogens is 4. The Morgan fingerprint density at radius 3 is 2.90 bits per heavy atom. The fourth-order valence-electron chi connectivity index (χ4n) is 1.82. The molecule has 0 aliphatic carbocycles. The number of anilines is 2. The maximum absolute atomic E-state index is 12.4. The van der Waals surface area contributed by atoms with Gasteiger partial charge in [-0.1, -0.05) is 18.3 Å². The van der Waals surface area contributed by atoms with Crippen LogP contribution >= 0.6 is 12.2 Å². The van der Waals surface area contributed by atoms with Crippen molar-refractivity contribution in [3.8, 4) is 0 Å². The third-order valence-corrected chi connectivity index (χ3v) is 4.30. The lowest BCUT2D eigenvalue weighted by Gasteiger charge is -2.09. The monoisotopic (exact) mass is 322 g/mol. The third-order valence-electron chi connectivity index (χ3n) is 2.71. The lowest BCUT2D eigenvalue weighted by molar-refractivity contribution is 0.594. The normalized spacial score (nSPS) is 11.6. The molecule has 0 aliphatic heterocycles. The molecule has 8 nitrogen and oxygen atoms in total. The Bertz CT molecular complexity index is 976. The molecule has 2 aromatic heterocycles. The largest absolute Gasteiger partial charge is 0.399 e. The highest BCUT2D eigenvalue weighted by atomic mass is 32.2. The van der Waals surface area contributed by atoms with Crippen molar-refractivity contribution in [3.63, 3.8) is 0 Å². The van der Waals surface area contributed by atoms with Gasteiger partial charge in [0.2, 0.25) is 0 Å². The van der Waals surface area contributed by atoms with Gasteiger partial charge in [0.15, 0.2) is 10.3 Å². The number of nitrogens with one attached hydrogen (secondary N) is 2. The van der Waals surface area contributed by atoms with E-state index in [1.807, 2.05) is 0 Å². The summed E-state index contributed by atoms with van der Waals surface area (Å²) in [5.41, 5.74) is 6.98. The molecule has 0 unspecified atom stereocenters. The van der Waals surface area contributed by atoms with Gasteiger partial charge < -0.3 is 10.7 Å². The molecule has 1 aromatic carbocycles. The maximum Gasteiger partial charge on any atom is 0.330 e. The number of H-pyrrole nitrogens is 1. The van der Waals surface area contributed by atoms with Gasteiger partial charge in [-0.3, -0.25) is 4.72 Å². The number of nitrogens with zero attached hydrogens (tertiary/aromatic N) is 3. The maximum atomic E-state index is 12.4. The first kappa shape index (κ1) is 13.5. The first-order valence-corrected chi connectivity index (χ1v) is 7.62. The highest BCUT2D eigenvalue weighted by molar-refractivity contribution is 7.91. The van der Waals surface area contributed by atoms with E-state index in [0.29, 0.717) is 16.9 Å². The number of hydrogen-bond acceptors (Lipinski definition) is 6. The second kappa shape index (κ2) is 4.82. The molecule has 0 amide bonds. The molecule has 0 spiro atoms. The number of benzene rings is 1. The van der Waals surface area contributed by atoms with Crippen LogP contribution in [0.1, 0.15) is 0 Å². The summed E-state index contributed by atoms with van der Waals surface area (Å²) < 4.78 is 28.4. The van der Waals surface area contributed by atoms with Crippen LogP contribution in [0.15, 0.2) is 36.9 Å². The van der Waals surface area contributed by atoms with E-state index in [2.05, 4.69) is 19.7 Å². The molecule has 0 aliphatic rings. The summed E-state index contributed by atoms with van der Waals surface area (Å²) in [6.45, 7) is 0. The number of nitrogens with two attached hydrogens (primary N) is 1. The Morgan fingerprint density at radius 1 is 1.33 bits per heavy atom. The van der Waals surface area contributed by atoms with Crippen molar-refractivity contribution < 1.29 is 8.42 Å². The molecule has 2 heterocycles. The Labute approximate surface area is 124 Å². The van der Waals surface area contributed by atoms with Gasteiger partial charge in [-0.15, -0.1) is 0 Å². The summed E-state index contributed by atoms with van der Waals surface area (Å²) in [7, 11) is -3.89. The highest BCUT2D eigenvalue weighted by Crippen LogP contribution is 2.17. The SMILES string of the molecule is Nc1cccc(NS(=O)(=O)n2cnc3c(=S)nc[nH]c32)c1. The quantitative estimate of drug-likeness (QED) is 0.493. The van der Waals surface area contributed by atoms with Crippen molar-refractivity contribution in [2.45, 2.75) is 0 Å². The number of imidazole rings is 1. The van der Waals surface area contributed by atoms with Crippen LogP contribution in [0.5, 0.6) is 0 Å². The van der Waals surface area contributed by atoms with Gasteiger partial charge in [-0.2, -0.15) is 12.4 Å². The summed E-state index contributed by atoms with van der Waals surface area (Å²) in [4.78, 5) is 10.5. The lowest BCUT2D eigenvalue weighted by atomic mass is 10.3. The van der Waals surface area contributed by atoms with E-state index < -0.39 is 10.2 Å². The van der Waals surface area contributed by atoms with E-state index in [4.69, 9.17) is 18.0 Å². The first-order chi connectivity index (χ1) is 9.97. The van der Waals surface area contributed by atoms with E-state index >= 15 is 0 Å². The summed E-state index contributed by atoms with van der Waals surface area (Å²) >= 11 is 5.00. The summed E-state index contributed by atoms with van der Waals surface area (Å²) in [5.74, 6) is 0. The lowest BCUT2D eigenvalue weighted by Crippen LogP contribution is -2.21. The second-order valence-corrected chi connectivity index (χ2v) is 6.11. The van der Waals surface area contributed by atoms with Crippen LogP contribution in [0.3, 0.4) is 0 Å². The molecule has 0 radical (unpaired) electrons. The molecule has 3 rings (SSSR count). The molecular formula is C11H10N6O2S2. The van der Waals surface area contributed by atoms with E-state index in [1.54, 1.807) is 18.2 Å². The van der Waals surface area contributed by atoms with E-state index in [0.717, 1.165) is 10.3 Å². The average molecular weight is 322 g/mol. The zero-order valence-electron chi connectivity index (χ0n) is 10.5. The summed E-state index contributed by atoms with van der Waals surface area (Å²) in [6.07, 6.45) is 2.48. The molecule has 108 valence electrons. The Morgan fingerprint density at radius 2 is 2.14 bits per heavy atom. The van der Waals surface area contributed by atoms with Gasteiger partial charge in [0.25, 0.3) is 0 Å². The first-order valence-electron chi connectivity index (χ1n) is 5.77. The number of hydrogen-bond donors (Lipinski definition) is 3. The molecule has 3 aromatic rings. The van der Waals surface area contributed by atoms with Crippen molar-refractivity contribution in [2.24, 2.45) is 0 Å². The molecule has 21 heavy (non-hydrogen) atoms. The van der Waals surface area contributed by atoms with Crippen LogP contribution in [-0.2, 0) is 10.2 Å². The fourth-order valence-corrected chi connectivity index (χ4v) is 3.09. The van der Waals surface area contributed by atoms with Crippen molar-refractivity contribution >= 4 is 45.0 Å². The molecule has 0 saturated carbocycles. The number of fused-ring (bicyclic) bond motifs is 1. The van der Waals surface area contributed by atoms with Crippen LogP contribution in [0, 0.1) is 4.64 Å². The topological polar surface area (TPSA) is 119 Å².